The van der Waals surface area contributed by atoms with Crippen LogP contribution in [0.5, 0.6) is 17.2 Å². The van der Waals surface area contributed by atoms with Crippen LogP contribution in [0.3, 0.4) is 0 Å². The highest BCUT2D eigenvalue weighted by Gasteiger charge is 2.37. The number of hydrogen-bond donors (Lipinski definition) is 2. The van der Waals surface area contributed by atoms with Crippen LogP contribution in [0, 0.1) is 0 Å². The Kier molecular flexibility index (Phi) is 4.89. The molecule has 2 aromatic rings. The van der Waals surface area contributed by atoms with Gasteiger partial charge in [-0.3, -0.25) is 4.68 Å². The molecule has 0 aliphatic carbocycles. The Bertz CT molecular complexity index is 835. The van der Waals surface area contributed by atoms with Crippen molar-refractivity contribution < 1.29 is 24.3 Å². The number of benzene rings is 1. The number of aryl methyl sites for hydroxylation is 1. The minimum atomic E-state index is 0.127. The van der Waals surface area contributed by atoms with Crippen molar-refractivity contribution in [2.45, 2.75) is 31.8 Å². The first-order valence-electron chi connectivity index (χ1n) is 9.20. The summed E-state index contributed by atoms with van der Waals surface area (Å²) >= 11 is 0. The minimum Gasteiger partial charge on any atom is -0.492 e. The molecule has 0 radical (unpaired) electrons. The van der Waals surface area contributed by atoms with Gasteiger partial charge in [-0.2, -0.15) is 5.10 Å². The summed E-state index contributed by atoms with van der Waals surface area (Å²) in [5, 5.41) is 17.4. The lowest BCUT2D eigenvalue weighted by Gasteiger charge is -2.33. The van der Waals surface area contributed by atoms with Gasteiger partial charge in [-0.25, -0.2) is 0 Å². The van der Waals surface area contributed by atoms with Crippen LogP contribution in [-0.4, -0.2) is 48.2 Å². The maximum absolute atomic E-state index is 9.57. The summed E-state index contributed by atoms with van der Waals surface area (Å²) in [4.78, 5) is 1.36. The number of fused-ring (bicyclic) bond motifs is 2. The predicted octanol–water partition coefficient (Wildman–Crippen LogP) is 1.04. The molecule has 2 aliphatic heterocycles. The monoisotopic (exact) mass is 373 g/mol. The van der Waals surface area contributed by atoms with Crippen LogP contribution in [-0.2, 0) is 13.0 Å². The number of ether oxygens (including phenoxy) is 3. The average Bonchev–Trinajstić information content (AvgIpc) is 3.36. The van der Waals surface area contributed by atoms with Crippen molar-refractivity contribution in [2.75, 3.05) is 27.5 Å². The van der Waals surface area contributed by atoms with E-state index in [1.807, 2.05) is 16.9 Å². The number of oxime groups is 1. The quantitative estimate of drug-likeness (QED) is 0.449. The zero-order valence-corrected chi connectivity index (χ0v) is 15.6. The Morgan fingerprint density at radius 3 is 3.11 bits per heavy atom. The molecule has 1 aromatic carbocycles. The van der Waals surface area contributed by atoms with E-state index in [0.717, 1.165) is 35.7 Å². The van der Waals surface area contributed by atoms with E-state index < -0.39 is 0 Å². The summed E-state index contributed by atoms with van der Waals surface area (Å²) in [6.07, 6.45) is 5.89. The molecule has 0 spiro atoms. The number of rotatable bonds is 6. The van der Waals surface area contributed by atoms with Crippen LogP contribution >= 0.6 is 0 Å². The summed E-state index contributed by atoms with van der Waals surface area (Å²) in [7, 11) is 3.83. The molecule has 0 saturated carbocycles. The number of quaternary nitrogens is 1. The molecule has 0 amide bonds. The molecule has 3 heterocycles. The molecule has 0 fully saturated rings. The highest BCUT2D eigenvalue weighted by atomic mass is 16.7. The van der Waals surface area contributed by atoms with E-state index >= 15 is 0 Å². The molecule has 4 rings (SSSR count). The minimum absolute atomic E-state index is 0.127. The second-order valence-electron chi connectivity index (χ2n) is 7.00. The number of likely N-dealkylation sites (N-methyl/N-ethyl adjacent to an activating group) is 1. The molecule has 0 saturated heterocycles. The first-order chi connectivity index (χ1) is 13.2. The number of nitrogens with one attached hydrogen (secondary N) is 1. The van der Waals surface area contributed by atoms with E-state index in [1.54, 1.807) is 13.3 Å². The van der Waals surface area contributed by atoms with E-state index in [1.165, 1.54) is 10.5 Å². The van der Waals surface area contributed by atoms with E-state index in [4.69, 9.17) is 14.2 Å². The lowest BCUT2D eigenvalue weighted by Crippen LogP contribution is -3.10. The van der Waals surface area contributed by atoms with Gasteiger partial charge in [0.15, 0.2) is 11.5 Å². The molecule has 27 heavy (non-hydrogen) atoms. The van der Waals surface area contributed by atoms with E-state index in [0.29, 0.717) is 25.1 Å². The molecular formula is C19H25N4O4+. The Labute approximate surface area is 157 Å². The van der Waals surface area contributed by atoms with E-state index in [9.17, 15) is 5.21 Å². The van der Waals surface area contributed by atoms with Crippen molar-refractivity contribution in [1.82, 2.24) is 9.78 Å². The van der Waals surface area contributed by atoms with Gasteiger partial charge in [0.25, 0.3) is 0 Å². The zero-order chi connectivity index (χ0) is 18.8. The molecule has 144 valence electrons. The molecule has 8 nitrogen and oxygen atoms in total. The highest BCUT2D eigenvalue weighted by molar-refractivity contribution is 5.84. The van der Waals surface area contributed by atoms with E-state index in [-0.39, 0.29) is 12.8 Å². The number of hydrogen-bond acceptors (Lipinski definition) is 6. The van der Waals surface area contributed by atoms with Gasteiger partial charge in [0.2, 0.25) is 12.5 Å². The molecular weight excluding hydrogens is 348 g/mol. The number of nitrogens with zero attached hydrogens (tertiary/aromatic N) is 3. The van der Waals surface area contributed by atoms with Gasteiger partial charge in [-0.05, 0) is 17.7 Å². The Hall–Kier alpha value is -2.74. The maximum atomic E-state index is 9.57. The third-order valence-electron chi connectivity index (χ3n) is 5.45. The van der Waals surface area contributed by atoms with Crippen molar-refractivity contribution in [2.24, 2.45) is 5.16 Å². The maximum Gasteiger partial charge on any atom is 0.231 e. The van der Waals surface area contributed by atoms with Gasteiger partial charge in [-0.1, -0.05) is 5.16 Å². The van der Waals surface area contributed by atoms with Gasteiger partial charge < -0.3 is 24.3 Å². The van der Waals surface area contributed by atoms with E-state index in [2.05, 4.69) is 23.4 Å². The fourth-order valence-corrected chi connectivity index (χ4v) is 4.00. The van der Waals surface area contributed by atoms with Crippen molar-refractivity contribution in [3.8, 4) is 17.2 Å². The topological polar surface area (TPSA) is 82.5 Å². The summed E-state index contributed by atoms with van der Waals surface area (Å²) in [6, 6.07) is 4.08. The highest BCUT2D eigenvalue weighted by Crippen LogP contribution is 2.47. The smallest absolute Gasteiger partial charge is 0.231 e. The van der Waals surface area contributed by atoms with Crippen LogP contribution in [0.15, 0.2) is 29.7 Å². The van der Waals surface area contributed by atoms with Gasteiger partial charge >= 0.3 is 0 Å². The summed E-state index contributed by atoms with van der Waals surface area (Å²) in [5.74, 6) is 2.17. The Balaban J connectivity index is 1.61. The molecule has 1 aromatic heterocycles. The molecule has 2 N–H and O–H groups in total. The average molecular weight is 373 g/mol. The predicted molar refractivity (Wildman–Crippen MR) is 98.0 cm³/mol. The van der Waals surface area contributed by atoms with Crippen LogP contribution in [0.2, 0.25) is 0 Å². The third-order valence-corrected chi connectivity index (χ3v) is 5.45. The molecule has 8 heteroatoms. The summed E-state index contributed by atoms with van der Waals surface area (Å²) in [6.45, 7) is 1.90. The number of methoxy groups -OCH3 is 1. The summed E-state index contributed by atoms with van der Waals surface area (Å²) in [5.41, 5.74) is 3.10. The number of aromatic nitrogens is 2. The first kappa shape index (κ1) is 17.7. The second kappa shape index (κ2) is 7.48. The van der Waals surface area contributed by atoms with Crippen molar-refractivity contribution in [1.29, 1.82) is 0 Å². The first-order valence-corrected chi connectivity index (χ1v) is 9.20. The lowest BCUT2D eigenvalue weighted by molar-refractivity contribution is -0.913. The largest absolute Gasteiger partial charge is 0.492 e. The van der Waals surface area contributed by atoms with Gasteiger partial charge in [0.1, 0.15) is 6.04 Å². The normalized spacial score (nSPS) is 21.2. The SMILES string of the molecule is COc1c2c(cc3c1[C@@H](C/C(CCn1cccn1)=N\O)[NH+](C)CC3)OCO2. The van der Waals surface area contributed by atoms with Crippen molar-refractivity contribution >= 4 is 5.71 Å². The second-order valence-corrected chi connectivity index (χ2v) is 7.00. The van der Waals surface area contributed by atoms with Gasteiger partial charge in [0.05, 0.1) is 32.0 Å². The fourth-order valence-electron chi connectivity index (χ4n) is 4.00. The van der Waals surface area contributed by atoms with Crippen LogP contribution in [0.25, 0.3) is 0 Å². The molecule has 2 aliphatic rings. The molecule has 0 bridgehead atoms. The van der Waals surface area contributed by atoms with Crippen molar-refractivity contribution in [3.63, 3.8) is 0 Å². The van der Waals surface area contributed by atoms with Crippen molar-refractivity contribution in [3.05, 3.63) is 35.7 Å². The molecule has 1 unspecified atom stereocenters. The standard InChI is InChI=1S/C19H24N4O4/c1-22-8-4-13-10-16-18(27-12-26-16)19(25-2)17(13)15(22)11-14(21-24)5-9-23-7-3-6-20-23/h3,6-7,10,15,24H,4-5,8-9,11-12H2,1-2H3/p+1/b21-14-/t15-/m1/s1. The zero-order valence-electron chi connectivity index (χ0n) is 15.6. The lowest BCUT2D eigenvalue weighted by atomic mass is 9.88. The third kappa shape index (κ3) is 3.32. The fraction of sp³-hybridized carbons (Fsp3) is 0.474. The van der Waals surface area contributed by atoms with Crippen LogP contribution in [0.4, 0.5) is 0 Å². The Morgan fingerprint density at radius 2 is 2.37 bits per heavy atom. The molecule has 2 atom stereocenters. The van der Waals surface area contributed by atoms with Crippen LogP contribution < -0.4 is 19.1 Å². The Morgan fingerprint density at radius 1 is 1.48 bits per heavy atom. The van der Waals surface area contributed by atoms with Gasteiger partial charge in [0, 0.05) is 38.2 Å². The summed E-state index contributed by atoms with van der Waals surface area (Å²) < 4.78 is 18.8. The van der Waals surface area contributed by atoms with Gasteiger partial charge in [-0.15, -0.1) is 0 Å². The van der Waals surface area contributed by atoms with Crippen LogP contribution in [0.1, 0.15) is 30.0 Å².